The number of carboxylic acids is 1. The van der Waals surface area contributed by atoms with Gasteiger partial charge in [0.05, 0.1) is 5.92 Å². The van der Waals surface area contributed by atoms with Crippen LogP contribution in [0.3, 0.4) is 0 Å². The van der Waals surface area contributed by atoms with Crippen molar-refractivity contribution >= 4 is 17.7 Å². The van der Waals surface area contributed by atoms with Gasteiger partial charge in [-0.3, -0.25) is 14.5 Å². The second-order valence-electron chi connectivity index (χ2n) is 4.99. The van der Waals surface area contributed by atoms with Crippen molar-refractivity contribution in [2.24, 2.45) is 11.8 Å². The molecule has 1 atom stereocenters. The van der Waals surface area contributed by atoms with Crippen molar-refractivity contribution in [2.45, 2.75) is 27.7 Å². The van der Waals surface area contributed by atoms with Gasteiger partial charge in [-0.1, -0.05) is 26.8 Å². The lowest BCUT2D eigenvalue weighted by atomic mass is 10.1. The van der Waals surface area contributed by atoms with Crippen molar-refractivity contribution in [3.63, 3.8) is 0 Å². The van der Waals surface area contributed by atoms with E-state index in [1.807, 2.05) is 13.0 Å². The van der Waals surface area contributed by atoms with Crippen molar-refractivity contribution in [1.29, 1.82) is 0 Å². The zero-order valence-electron chi connectivity index (χ0n) is 11.8. The van der Waals surface area contributed by atoms with Crippen molar-refractivity contribution < 1.29 is 14.7 Å². The number of pyridine rings is 1. The summed E-state index contributed by atoms with van der Waals surface area (Å²) < 4.78 is 0. The van der Waals surface area contributed by atoms with Crippen LogP contribution in [-0.2, 0) is 9.59 Å². The fourth-order valence-electron chi connectivity index (χ4n) is 1.70. The fourth-order valence-corrected chi connectivity index (χ4v) is 1.70. The van der Waals surface area contributed by atoms with Crippen LogP contribution in [0.5, 0.6) is 0 Å². The monoisotopic (exact) mass is 264 g/mol. The second-order valence-corrected chi connectivity index (χ2v) is 4.99. The molecule has 0 radical (unpaired) electrons. The van der Waals surface area contributed by atoms with Gasteiger partial charge >= 0.3 is 5.97 Å². The molecule has 0 spiro atoms. The SMILES string of the molecule is Cc1cccnc1N(CC(C)C(=O)O)C(=O)C(C)C. The lowest BCUT2D eigenvalue weighted by Gasteiger charge is -2.26. The van der Waals surface area contributed by atoms with E-state index in [4.69, 9.17) is 5.11 Å². The van der Waals surface area contributed by atoms with Crippen LogP contribution in [0.4, 0.5) is 5.82 Å². The molecule has 19 heavy (non-hydrogen) atoms. The number of amides is 1. The van der Waals surface area contributed by atoms with Crippen LogP contribution in [0.15, 0.2) is 18.3 Å². The van der Waals surface area contributed by atoms with Gasteiger partial charge in [-0.15, -0.1) is 0 Å². The van der Waals surface area contributed by atoms with E-state index < -0.39 is 11.9 Å². The molecule has 1 unspecified atom stereocenters. The number of carbonyl (C=O) groups is 2. The Balaban J connectivity index is 3.09. The normalized spacial score (nSPS) is 12.3. The number of aliphatic carboxylic acids is 1. The topological polar surface area (TPSA) is 70.5 Å². The first-order chi connectivity index (χ1) is 8.84. The summed E-state index contributed by atoms with van der Waals surface area (Å²) in [5, 5.41) is 9.01. The molecule has 1 N–H and O–H groups in total. The molecule has 0 saturated heterocycles. The van der Waals surface area contributed by atoms with Crippen LogP contribution < -0.4 is 4.90 Å². The van der Waals surface area contributed by atoms with E-state index in [2.05, 4.69) is 4.98 Å². The van der Waals surface area contributed by atoms with Crippen molar-refractivity contribution in [1.82, 2.24) is 4.98 Å². The van der Waals surface area contributed by atoms with E-state index in [1.54, 1.807) is 33.0 Å². The van der Waals surface area contributed by atoms with Crippen LogP contribution in [0.25, 0.3) is 0 Å². The number of aryl methyl sites for hydroxylation is 1. The summed E-state index contributed by atoms with van der Waals surface area (Å²) >= 11 is 0. The quantitative estimate of drug-likeness (QED) is 0.884. The summed E-state index contributed by atoms with van der Waals surface area (Å²) in [4.78, 5) is 28.9. The molecule has 0 bridgehead atoms. The lowest BCUT2D eigenvalue weighted by Crippen LogP contribution is -2.40. The number of hydrogen-bond donors (Lipinski definition) is 1. The molecule has 1 heterocycles. The Morgan fingerprint density at radius 1 is 1.37 bits per heavy atom. The molecule has 1 aromatic rings. The van der Waals surface area contributed by atoms with E-state index >= 15 is 0 Å². The van der Waals surface area contributed by atoms with E-state index in [9.17, 15) is 9.59 Å². The smallest absolute Gasteiger partial charge is 0.308 e. The summed E-state index contributed by atoms with van der Waals surface area (Å²) in [6.45, 7) is 7.15. The van der Waals surface area contributed by atoms with Gasteiger partial charge in [-0.2, -0.15) is 0 Å². The number of anilines is 1. The first-order valence-corrected chi connectivity index (χ1v) is 6.30. The Morgan fingerprint density at radius 3 is 2.47 bits per heavy atom. The summed E-state index contributed by atoms with van der Waals surface area (Å²) in [6, 6.07) is 3.64. The number of rotatable bonds is 5. The van der Waals surface area contributed by atoms with E-state index in [0.717, 1.165) is 5.56 Å². The number of hydrogen-bond acceptors (Lipinski definition) is 3. The first kappa shape index (κ1) is 15.1. The van der Waals surface area contributed by atoms with Gasteiger partial charge in [0.1, 0.15) is 5.82 Å². The largest absolute Gasteiger partial charge is 0.481 e. The average Bonchev–Trinajstić information content (AvgIpc) is 2.35. The number of nitrogens with zero attached hydrogens (tertiary/aromatic N) is 2. The van der Waals surface area contributed by atoms with Crippen LogP contribution in [-0.4, -0.2) is 28.5 Å². The van der Waals surface area contributed by atoms with Crippen LogP contribution in [0.2, 0.25) is 0 Å². The highest BCUT2D eigenvalue weighted by Gasteiger charge is 2.25. The molecule has 5 nitrogen and oxygen atoms in total. The Kier molecular flexibility index (Phi) is 5.03. The predicted molar refractivity (Wildman–Crippen MR) is 73.0 cm³/mol. The summed E-state index contributed by atoms with van der Waals surface area (Å²) in [5.41, 5.74) is 0.856. The lowest BCUT2D eigenvalue weighted by molar-refractivity contribution is -0.140. The maximum atomic E-state index is 12.2. The minimum absolute atomic E-state index is 0.116. The van der Waals surface area contributed by atoms with Gasteiger partial charge in [-0.05, 0) is 18.6 Å². The van der Waals surface area contributed by atoms with Crippen LogP contribution in [0.1, 0.15) is 26.3 Å². The minimum Gasteiger partial charge on any atom is -0.481 e. The summed E-state index contributed by atoms with van der Waals surface area (Å²) in [7, 11) is 0. The molecule has 0 aliphatic heterocycles. The summed E-state index contributed by atoms with van der Waals surface area (Å²) in [5.74, 6) is -1.34. The van der Waals surface area contributed by atoms with Crippen molar-refractivity contribution in [3.05, 3.63) is 23.9 Å². The van der Waals surface area contributed by atoms with E-state index in [0.29, 0.717) is 5.82 Å². The molecule has 5 heteroatoms. The molecule has 1 aromatic heterocycles. The minimum atomic E-state index is -0.921. The molecule has 0 aromatic carbocycles. The highest BCUT2D eigenvalue weighted by atomic mass is 16.4. The van der Waals surface area contributed by atoms with Crippen molar-refractivity contribution in [3.8, 4) is 0 Å². The number of carboxylic acid groups (broad SMARTS) is 1. The maximum absolute atomic E-state index is 12.2. The van der Waals surface area contributed by atoms with Crippen LogP contribution >= 0.6 is 0 Å². The van der Waals surface area contributed by atoms with Gasteiger partial charge in [0, 0.05) is 18.7 Å². The highest BCUT2D eigenvalue weighted by Crippen LogP contribution is 2.20. The third-order valence-electron chi connectivity index (χ3n) is 2.88. The zero-order valence-corrected chi connectivity index (χ0v) is 11.8. The molecular weight excluding hydrogens is 244 g/mol. The average molecular weight is 264 g/mol. The highest BCUT2D eigenvalue weighted by molar-refractivity contribution is 5.94. The van der Waals surface area contributed by atoms with Gasteiger partial charge in [0.2, 0.25) is 5.91 Å². The zero-order chi connectivity index (χ0) is 14.6. The van der Waals surface area contributed by atoms with Crippen LogP contribution in [0, 0.1) is 18.8 Å². The predicted octanol–water partition coefficient (Wildman–Crippen LogP) is 2.10. The fraction of sp³-hybridized carbons (Fsp3) is 0.500. The van der Waals surface area contributed by atoms with Gasteiger partial charge < -0.3 is 5.11 Å². The Morgan fingerprint density at radius 2 is 2.00 bits per heavy atom. The Labute approximate surface area is 113 Å². The molecule has 1 amide bonds. The summed E-state index contributed by atoms with van der Waals surface area (Å²) in [6.07, 6.45) is 1.61. The third kappa shape index (κ3) is 3.77. The van der Waals surface area contributed by atoms with E-state index in [-0.39, 0.29) is 18.4 Å². The molecule has 104 valence electrons. The first-order valence-electron chi connectivity index (χ1n) is 6.30. The number of carbonyl (C=O) groups excluding carboxylic acids is 1. The molecule has 0 fully saturated rings. The maximum Gasteiger partial charge on any atom is 0.308 e. The molecule has 0 saturated carbocycles. The molecule has 0 aliphatic carbocycles. The van der Waals surface area contributed by atoms with Gasteiger partial charge in [0.25, 0.3) is 0 Å². The van der Waals surface area contributed by atoms with E-state index in [1.165, 1.54) is 4.90 Å². The van der Waals surface area contributed by atoms with Crippen molar-refractivity contribution in [2.75, 3.05) is 11.4 Å². The molecule has 0 aliphatic rings. The molecular formula is C14H20N2O3. The number of aromatic nitrogens is 1. The standard InChI is InChI=1S/C14H20N2O3/c1-9(2)13(17)16(8-11(4)14(18)19)12-10(3)6-5-7-15-12/h5-7,9,11H,8H2,1-4H3,(H,18,19). The molecule has 1 rings (SSSR count). The third-order valence-corrected chi connectivity index (χ3v) is 2.88. The second kappa shape index (κ2) is 6.31. The van der Waals surface area contributed by atoms with Gasteiger partial charge in [0.15, 0.2) is 0 Å². The Bertz CT molecular complexity index is 472. The van der Waals surface area contributed by atoms with Gasteiger partial charge in [-0.25, -0.2) is 4.98 Å². The Hall–Kier alpha value is -1.91.